The van der Waals surface area contributed by atoms with Crippen LogP contribution in [-0.2, 0) is 11.3 Å². The van der Waals surface area contributed by atoms with Gasteiger partial charge in [-0.1, -0.05) is 18.2 Å². The van der Waals surface area contributed by atoms with Crippen molar-refractivity contribution >= 4 is 5.91 Å². The Morgan fingerprint density at radius 3 is 2.82 bits per heavy atom. The number of carbonyl (C=O) groups is 1. The van der Waals surface area contributed by atoms with Gasteiger partial charge in [0.1, 0.15) is 5.69 Å². The molecule has 1 amide bonds. The van der Waals surface area contributed by atoms with Crippen molar-refractivity contribution in [3.05, 3.63) is 47.8 Å². The minimum Gasteiger partial charge on any atom is -0.434 e. The predicted molar refractivity (Wildman–Crippen MR) is 81.8 cm³/mol. The van der Waals surface area contributed by atoms with Gasteiger partial charge in [-0.2, -0.15) is 5.10 Å². The van der Waals surface area contributed by atoms with Gasteiger partial charge in [0.15, 0.2) is 5.76 Å². The second kappa shape index (κ2) is 5.85. The fourth-order valence-corrected chi connectivity index (χ4v) is 2.13. The SMILES string of the molecule is CC(=O)NCc1cc(-c2oc(-c3ccccc3)nc2C)n[nH]1. The maximum Gasteiger partial charge on any atom is 0.227 e. The molecule has 0 unspecified atom stereocenters. The zero-order valence-corrected chi connectivity index (χ0v) is 12.4. The summed E-state index contributed by atoms with van der Waals surface area (Å²) in [5, 5.41) is 9.82. The van der Waals surface area contributed by atoms with E-state index in [1.807, 2.05) is 43.3 Å². The number of hydrogen-bond acceptors (Lipinski definition) is 4. The summed E-state index contributed by atoms with van der Waals surface area (Å²) in [5.74, 6) is 1.11. The standard InChI is InChI=1S/C16H16N4O2/c1-10-15(14-8-13(19-20-14)9-17-11(2)21)22-16(18-10)12-6-4-3-5-7-12/h3-8H,9H2,1-2H3,(H,17,21)(H,19,20). The summed E-state index contributed by atoms with van der Waals surface area (Å²) in [5.41, 5.74) is 3.18. The molecule has 0 bridgehead atoms. The van der Waals surface area contributed by atoms with Crippen LogP contribution in [0.3, 0.4) is 0 Å². The third kappa shape index (κ3) is 2.90. The first-order chi connectivity index (χ1) is 10.6. The molecule has 2 N–H and O–H groups in total. The monoisotopic (exact) mass is 296 g/mol. The van der Waals surface area contributed by atoms with Gasteiger partial charge in [-0.25, -0.2) is 4.98 Å². The Bertz CT molecular complexity index is 790. The van der Waals surface area contributed by atoms with Crippen LogP contribution in [0, 0.1) is 6.92 Å². The summed E-state index contributed by atoms with van der Waals surface area (Å²) >= 11 is 0. The van der Waals surface area contributed by atoms with Crippen molar-refractivity contribution in [1.29, 1.82) is 0 Å². The first kappa shape index (κ1) is 14.1. The van der Waals surface area contributed by atoms with E-state index >= 15 is 0 Å². The van der Waals surface area contributed by atoms with Crippen LogP contribution < -0.4 is 5.32 Å². The topological polar surface area (TPSA) is 83.8 Å². The molecule has 2 aromatic heterocycles. The van der Waals surface area contributed by atoms with Gasteiger partial charge >= 0.3 is 0 Å². The molecule has 0 spiro atoms. The molecule has 22 heavy (non-hydrogen) atoms. The first-order valence-electron chi connectivity index (χ1n) is 6.95. The largest absolute Gasteiger partial charge is 0.434 e. The van der Waals surface area contributed by atoms with Crippen LogP contribution in [0.1, 0.15) is 18.3 Å². The zero-order valence-electron chi connectivity index (χ0n) is 12.4. The van der Waals surface area contributed by atoms with E-state index in [-0.39, 0.29) is 5.91 Å². The van der Waals surface area contributed by atoms with Gasteiger partial charge in [-0.05, 0) is 25.1 Å². The number of aryl methyl sites for hydroxylation is 1. The van der Waals surface area contributed by atoms with Crippen LogP contribution in [0.15, 0.2) is 40.8 Å². The number of nitrogens with one attached hydrogen (secondary N) is 2. The van der Waals surface area contributed by atoms with Crippen molar-refractivity contribution in [2.75, 3.05) is 0 Å². The first-order valence-corrected chi connectivity index (χ1v) is 6.95. The molecule has 3 aromatic rings. The van der Waals surface area contributed by atoms with E-state index in [4.69, 9.17) is 4.42 Å². The Kier molecular flexibility index (Phi) is 3.74. The third-order valence-electron chi connectivity index (χ3n) is 3.21. The zero-order chi connectivity index (χ0) is 15.5. The predicted octanol–water partition coefficient (Wildman–Crippen LogP) is 2.68. The van der Waals surface area contributed by atoms with Crippen LogP contribution in [0.2, 0.25) is 0 Å². The second-order valence-electron chi connectivity index (χ2n) is 4.99. The lowest BCUT2D eigenvalue weighted by Gasteiger charge is -1.96. The van der Waals surface area contributed by atoms with Crippen molar-refractivity contribution in [1.82, 2.24) is 20.5 Å². The summed E-state index contributed by atoms with van der Waals surface area (Å²) in [6.07, 6.45) is 0. The molecule has 0 aliphatic rings. The third-order valence-corrected chi connectivity index (χ3v) is 3.21. The van der Waals surface area contributed by atoms with Crippen molar-refractivity contribution in [3.8, 4) is 22.9 Å². The highest BCUT2D eigenvalue weighted by molar-refractivity contribution is 5.72. The molecule has 3 rings (SSSR count). The maximum absolute atomic E-state index is 10.9. The number of aromatic amines is 1. The highest BCUT2D eigenvalue weighted by Gasteiger charge is 2.15. The maximum atomic E-state index is 10.9. The van der Waals surface area contributed by atoms with Crippen molar-refractivity contribution in [3.63, 3.8) is 0 Å². The number of aromatic nitrogens is 3. The normalized spacial score (nSPS) is 10.6. The van der Waals surface area contributed by atoms with E-state index < -0.39 is 0 Å². The fraction of sp³-hybridized carbons (Fsp3) is 0.188. The van der Waals surface area contributed by atoms with Crippen LogP contribution in [-0.4, -0.2) is 21.1 Å². The lowest BCUT2D eigenvalue weighted by atomic mass is 10.2. The lowest BCUT2D eigenvalue weighted by Crippen LogP contribution is -2.18. The number of amides is 1. The van der Waals surface area contributed by atoms with E-state index in [1.165, 1.54) is 6.92 Å². The van der Waals surface area contributed by atoms with Gasteiger partial charge < -0.3 is 9.73 Å². The van der Waals surface area contributed by atoms with Gasteiger partial charge in [-0.15, -0.1) is 0 Å². The molecular weight excluding hydrogens is 280 g/mol. The number of H-pyrrole nitrogens is 1. The van der Waals surface area contributed by atoms with Gasteiger partial charge in [0.2, 0.25) is 11.8 Å². The Balaban J connectivity index is 1.86. The quantitative estimate of drug-likeness (QED) is 0.775. The van der Waals surface area contributed by atoms with Gasteiger partial charge in [0, 0.05) is 12.5 Å². The smallest absolute Gasteiger partial charge is 0.227 e. The molecule has 0 aliphatic heterocycles. The molecule has 0 aliphatic carbocycles. The van der Waals surface area contributed by atoms with Crippen molar-refractivity contribution < 1.29 is 9.21 Å². The van der Waals surface area contributed by atoms with Crippen LogP contribution in [0.4, 0.5) is 0 Å². The van der Waals surface area contributed by atoms with E-state index in [9.17, 15) is 4.79 Å². The number of benzene rings is 1. The fourth-order valence-electron chi connectivity index (χ4n) is 2.13. The van der Waals surface area contributed by atoms with Crippen LogP contribution in [0.25, 0.3) is 22.9 Å². The highest BCUT2D eigenvalue weighted by Crippen LogP contribution is 2.28. The van der Waals surface area contributed by atoms with Crippen molar-refractivity contribution in [2.45, 2.75) is 20.4 Å². The average Bonchev–Trinajstić information content (AvgIpc) is 3.12. The lowest BCUT2D eigenvalue weighted by molar-refractivity contribution is -0.119. The van der Waals surface area contributed by atoms with Gasteiger partial charge in [0.05, 0.1) is 17.9 Å². The Morgan fingerprint density at radius 2 is 2.09 bits per heavy atom. The molecule has 6 heteroatoms. The Morgan fingerprint density at radius 1 is 1.32 bits per heavy atom. The van der Waals surface area contributed by atoms with Gasteiger partial charge in [0.25, 0.3) is 0 Å². The Labute approximate surface area is 127 Å². The van der Waals surface area contributed by atoms with E-state index in [0.29, 0.717) is 23.9 Å². The van der Waals surface area contributed by atoms with E-state index in [0.717, 1.165) is 17.0 Å². The summed E-state index contributed by atoms with van der Waals surface area (Å²) in [7, 11) is 0. The van der Waals surface area contributed by atoms with E-state index in [1.54, 1.807) is 0 Å². The molecule has 6 nitrogen and oxygen atoms in total. The molecular formula is C16H16N4O2. The van der Waals surface area contributed by atoms with Crippen molar-refractivity contribution in [2.24, 2.45) is 0 Å². The average molecular weight is 296 g/mol. The number of nitrogens with zero attached hydrogens (tertiary/aromatic N) is 2. The summed E-state index contributed by atoms with van der Waals surface area (Å²) in [4.78, 5) is 15.4. The number of hydrogen-bond donors (Lipinski definition) is 2. The minimum atomic E-state index is -0.0849. The number of rotatable bonds is 4. The van der Waals surface area contributed by atoms with Crippen LogP contribution in [0.5, 0.6) is 0 Å². The summed E-state index contributed by atoms with van der Waals surface area (Å²) in [6, 6.07) is 11.6. The number of carbonyl (C=O) groups excluding carboxylic acids is 1. The molecule has 2 heterocycles. The molecule has 0 radical (unpaired) electrons. The summed E-state index contributed by atoms with van der Waals surface area (Å²) in [6.45, 7) is 3.76. The van der Waals surface area contributed by atoms with Crippen LogP contribution >= 0.6 is 0 Å². The molecule has 0 saturated heterocycles. The molecule has 0 fully saturated rings. The molecule has 1 aromatic carbocycles. The number of oxazole rings is 1. The molecule has 0 saturated carbocycles. The Hall–Kier alpha value is -2.89. The van der Waals surface area contributed by atoms with Gasteiger partial charge in [-0.3, -0.25) is 9.89 Å². The molecule has 0 atom stereocenters. The second-order valence-corrected chi connectivity index (χ2v) is 4.99. The van der Waals surface area contributed by atoms with E-state index in [2.05, 4.69) is 20.5 Å². The molecule has 112 valence electrons. The minimum absolute atomic E-state index is 0.0849. The summed E-state index contributed by atoms with van der Waals surface area (Å²) < 4.78 is 5.84. The highest BCUT2D eigenvalue weighted by atomic mass is 16.4.